The number of pyridine rings is 1. The lowest BCUT2D eigenvalue weighted by Crippen LogP contribution is -2.43. The zero-order chi connectivity index (χ0) is 18.4. The normalized spacial score (nSPS) is 14.9. The number of halogens is 1. The van der Waals surface area contributed by atoms with Crippen LogP contribution >= 0.6 is 0 Å². The van der Waals surface area contributed by atoms with Gasteiger partial charge in [-0.1, -0.05) is 0 Å². The molecule has 3 aromatic heterocycles. The number of hydrogen-bond acceptors (Lipinski definition) is 5. The van der Waals surface area contributed by atoms with E-state index < -0.39 is 11.4 Å². The standard InChI is InChI=1S/C20H17FN4O2/c21-16-2-1-7-25-12-17(23-19(16)25)15-10-13-3-4-14(11-18(13)27-20(15)26)24-8-5-22-6-9-24/h1-4,7,10-12,22H,5-6,8-9H2. The molecule has 1 aliphatic rings. The SMILES string of the molecule is O=c1oc2cc(N3CCNCC3)ccc2cc1-c1cn2cccc(F)c2n1. The summed E-state index contributed by atoms with van der Waals surface area (Å²) in [5.41, 5.74) is 1.98. The van der Waals surface area contributed by atoms with Gasteiger partial charge in [-0.2, -0.15) is 0 Å². The van der Waals surface area contributed by atoms with Gasteiger partial charge in [0.2, 0.25) is 0 Å². The predicted molar refractivity (Wildman–Crippen MR) is 102 cm³/mol. The van der Waals surface area contributed by atoms with Gasteiger partial charge in [-0.15, -0.1) is 0 Å². The van der Waals surface area contributed by atoms with Gasteiger partial charge in [-0.05, 0) is 30.3 Å². The molecule has 1 fully saturated rings. The summed E-state index contributed by atoms with van der Waals surface area (Å²) in [6.07, 6.45) is 3.32. The molecule has 0 amide bonds. The van der Waals surface area contributed by atoms with Crippen LogP contribution in [0.3, 0.4) is 0 Å². The molecule has 4 aromatic rings. The van der Waals surface area contributed by atoms with Crippen LogP contribution in [0.15, 0.2) is 58.0 Å². The van der Waals surface area contributed by atoms with E-state index in [0.717, 1.165) is 37.3 Å². The van der Waals surface area contributed by atoms with Gasteiger partial charge in [0.15, 0.2) is 11.5 Å². The molecular formula is C20H17FN4O2. The van der Waals surface area contributed by atoms with Crippen molar-refractivity contribution in [2.24, 2.45) is 0 Å². The number of nitrogens with zero attached hydrogens (tertiary/aromatic N) is 3. The third-order valence-corrected chi connectivity index (χ3v) is 4.91. The zero-order valence-electron chi connectivity index (χ0n) is 14.5. The van der Waals surface area contributed by atoms with Crippen LogP contribution in [0.2, 0.25) is 0 Å². The molecule has 6 nitrogen and oxygen atoms in total. The lowest BCUT2D eigenvalue weighted by Gasteiger charge is -2.29. The van der Waals surface area contributed by atoms with E-state index in [-0.39, 0.29) is 5.65 Å². The van der Waals surface area contributed by atoms with Crippen molar-refractivity contribution in [3.05, 3.63) is 65.0 Å². The number of benzene rings is 1. The van der Waals surface area contributed by atoms with Gasteiger partial charge in [-0.25, -0.2) is 14.2 Å². The van der Waals surface area contributed by atoms with Crippen LogP contribution in [0.25, 0.3) is 27.9 Å². The molecule has 5 rings (SSSR count). The summed E-state index contributed by atoms with van der Waals surface area (Å²) in [5.74, 6) is -0.436. The van der Waals surface area contributed by atoms with E-state index in [1.54, 1.807) is 28.9 Å². The molecule has 0 unspecified atom stereocenters. The number of aromatic nitrogens is 2. The maximum absolute atomic E-state index is 13.9. The van der Waals surface area contributed by atoms with E-state index >= 15 is 0 Å². The topological polar surface area (TPSA) is 62.8 Å². The van der Waals surface area contributed by atoms with Gasteiger partial charge in [-0.3, -0.25) is 0 Å². The molecule has 0 aliphatic carbocycles. The summed E-state index contributed by atoms with van der Waals surface area (Å²) in [6.45, 7) is 3.71. The van der Waals surface area contributed by atoms with Gasteiger partial charge < -0.3 is 19.0 Å². The van der Waals surface area contributed by atoms with Crippen LogP contribution in [-0.4, -0.2) is 35.6 Å². The molecule has 1 N–H and O–H groups in total. The number of anilines is 1. The third-order valence-electron chi connectivity index (χ3n) is 4.91. The fourth-order valence-corrected chi connectivity index (χ4v) is 3.51. The van der Waals surface area contributed by atoms with Gasteiger partial charge in [0.1, 0.15) is 5.58 Å². The maximum Gasteiger partial charge on any atom is 0.345 e. The summed E-state index contributed by atoms with van der Waals surface area (Å²) >= 11 is 0. The summed E-state index contributed by atoms with van der Waals surface area (Å²) < 4.78 is 21.0. The third kappa shape index (κ3) is 2.76. The maximum atomic E-state index is 13.9. The van der Waals surface area contributed by atoms with Crippen LogP contribution in [-0.2, 0) is 0 Å². The Morgan fingerprint density at radius 2 is 2.00 bits per heavy atom. The smallest absolute Gasteiger partial charge is 0.345 e. The summed E-state index contributed by atoms with van der Waals surface area (Å²) in [4.78, 5) is 19.1. The van der Waals surface area contributed by atoms with Crippen LogP contribution < -0.4 is 15.8 Å². The predicted octanol–water partition coefficient (Wildman–Crippen LogP) is 2.66. The van der Waals surface area contributed by atoms with Gasteiger partial charge >= 0.3 is 5.63 Å². The van der Waals surface area contributed by atoms with Crippen molar-refractivity contribution in [1.29, 1.82) is 0 Å². The Balaban J connectivity index is 1.60. The Morgan fingerprint density at radius 3 is 2.81 bits per heavy atom. The Hall–Kier alpha value is -3.19. The first-order valence-corrected chi connectivity index (χ1v) is 8.86. The molecular weight excluding hydrogens is 347 g/mol. The fraction of sp³-hybridized carbons (Fsp3) is 0.200. The highest BCUT2D eigenvalue weighted by Crippen LogP contribution is 2.25. The molecule has 0 atom stereocenters. The highest BCUT2D eigenvalue weighted by atomic mass is 19.1. The highest BCUT2D eigenvalue weighted by Gasteiger charge is 2.15. The van der Waals surface area contributed by atoms with Crippen molar-refractivity contribution in [2.45, 2.75) is 0 Å². The van der Waals surface area contributed by atoms with Crippen molar-refractivity contribution in [1.82, 2.24) is 14.7 Å². The van der Waals surface area contributed by atoms with Gasteiger partial charge in [0, 0.05) is 55.7 Å². The monoisotopic (exact) mass is 364 g/mol. The second-order valence-corrected chi connectivity index (χ2v) is 6.62. The molecule has 1 aliphatic heterocycles. The average molecular weight is 364 g/mol. The van der Waals surface area contributed by atoms with Crippen LogP contribution in [0, 0.1) is 5.82 Å². The van der Waals surface area contributed by atoms with E-state index in [1.165, 1.54) is 6.07 Å². The van der Waals surface area contributed by atoms with Crippen LogP contribution in [0.1, 0.15) is 0 Å². The molecule has 4 heterocycles. The number of hydrogen-bond donors (Lipinski definition) is 1. The van der Waals surface area contributed by atoms with Crippen LogP contribution in [0.4, 0.5) is 10.1 Å². The van der Waals surface area contributed by atoms with E-state index in [1.807, 2.05) is 18.2 Å². The second kappa shape index (κ2) is 6.21. The summed E-state index contributed by atoms with van der Waals surface area (Å²) in [6, 6.07) is 10.6. The Labute approximate surface area is 153 Å². The first-order chi connectivity index (χ1) is 13.2. The molecule has 0 saturated carbocycles. The van der Waals surface area contributed by atoms with Crippen molar-refractivity contribution in [3.63, 3.8) is 0 Å². The van der Waals surface area contributed by atoms with Gasteiger partial charge in [0.25, 0.3) is 0 Å². The number of fused-ring (bicyclic) bond motifs is 2. The first-order valence-electron chi connectivity index (χ1n) is 8.86. The van der Waals surface area contributed by atoms with E-state index in [4.69, 9.17) is 4.42 Å². The van der Waals surface area contributed by atoms with Crippen molar-refractivity contribution in [3.8, 4) is 11.3 Å². The number of rotatable bonds is 2. The Bertz CT molecular complexity index is 1210. The van der Waals surface area contributed by atoms with Crippen molar-refractivity contribution >= 4 is 22.3 Å². The van der Waals surface area contributed by atoms with Gasteiger partial charge in [0.05, 0.1) is 11.3 Å². The molecule has 0 bridgehead atoms. The number of imidazole rings is 1. The van der Waals surface area contributed by atoms with Crippen molar-refractivity contribution < 1.29 is 8.81 Å². The Kier molecular flexibility index (Phi) is 3.68. The highest BCUT2D eigenvalue weighted by molar-refractivity contribution is 5.84. The lowest BCUT2D eigenvalue weighted by molar-refractivity contribution is 0.561. The van der Waals surface area contributed by atoms with E-state index in [9.17, 15) is 9.18 Å². The molecule has 0 radical (unpaired) electrons. The summed E-state index contributed by atoms with van der Waals surface area (Å²) in [5, 5.41) is 4.13. The number of nitrogens with one attached hydrogen (secondary N) is 1. The molecule has 1 aromatic carbocycles. The largest absolute Gasteiger partial charge is 0.422 e. The molecule has 0 spiro atoms. The second-order valence-electron chi connectivity index (χ2n) is 6.62. The summed E-state index contributed by atoms with van der Waals surface area (Å²) in [7, 11) is 0. The quantitative estimate of drug-likeness (QED) is 0.554. The molecule has 1 saturated heterocycles. The Morgan fingerprint density at radius 1 is 1.15 bits per heavy atom. The zero-order valence-corrected chi connectivity index (χ0v) is 14.5. The first kappa shape index (κ1) is 16.0. The lowest BCUT2D eigenvalue weighted by atomic mass is 10.1. The van der Waals surface area contributed by atoms with E-state index in [0.29, 0.717) is 16.8 Å². The average Bonchev–Trinajstić information content (AvgIpc) is 3.13. The minimum Gasteiger partial charge on any atom is -0.422 e. The molecule has 7 heteroatoms. The fourth-order valence-electron chi connectivity index (χ4n) is 3.51. The minimum atomic E-state index is -0.483. The molecule has 136 valence electrons. The van der Waals surface area contributed by atoms with E-state index in [2.05, 4.69) is 15.2 Å². The molecule has 27 heavy (non-hydrogen) atoms. The van der Waals surface area contributed by atoms with Crippen molar-refractivity contribution in [2.75, 3.05) is 31.1 Å². The number of piperazine rings is 1. The van der Waals surface area contributed by atoms with Crippen LogP contribution in [0.5, 0.6) is 0 Å². The minimum absolute atomic E-state index is 0.182.